The van der Waals surface area contributed by atoms with Crippen molar-refractivity contribution in [3.8, 4) is 0 Å². The van der Waals surface area contributed by atoms with E-state index in [1.165, 1.54) is 0 Å². The summed E-state index contributed by atoms with van der Waals surface area (Å²) in [5, 5.41) is 21.6. The van der Waals surface area contributed by atoms with E-state index in [9.17, 15) is 19.8 Å². The monoisotopic (exact) mass is 292 g/mol. The van der Waals surface area contributed by atoms with Gasteiger partial charge in [-0.1, -0.05) is 39.5 Å². The second-order valence-electron chi connectivity index (χ2n) is 4.89. The van der Waals surface area contributed by atoms with Crippen molar-refractivity contribution in [2.45, 2.75) is 65.2 Å². The Bertz CT molecular complexity index is 234. The van der Waals surface area contributed by atoms with Gasteiger partial charge in [0, 0.05) is 11.9 Å². The molecule has 0 saturated carbocycles. The van der Waals surface area contributed by atoms with E-state index in [4.69, 9.17) is 0 Å². The Labute approximate surface area is 122 Å². The Balaban J connectivity index is -0.00000144. The highest BCUT2D eigenvalue weighted by Crippen LogP contribution is 2.19. The third-order valence-corrected chi connectivity index (χ3v) is 3.30. The number of carbonyl (C=O) groups is 2. The first kappa shape index (κ1) is 23.9. The molecule has 8 N–H and O–H groups in total. The summed E-state index contributed by atoms with van der Waals surface area (Å²) in [5.74, 6) is -2.74. The van der Waals surface area contributed by atoms with E-state index in [0.717, 1.165) is 25.7 Å². The Morgan fingerprint density at radius 3 is 1.25 bits per heavy atom. The molecule has 0 aromatic carbocycles. The number of carboxylic acids is 2. The van der Waals surface area contributed by atoms with Crippen molar-refractivity contribution in [2.75, 3.05) is 0 Å². The van der Waals surface area contributed by atoms with E-state index >= 15 is 0 Å². The molecule has 0 aromatic heterocycles. The molecule has 0 radical (unpaired) electrons. The van der Waals surface area contributed by atoms with Gasteiger partial charge in [-0.25, -0.2) is 0 Å². The molecule has 6 nitrogen and oxygen atoms in total. The van der Waals surface area contributed by atoms with Crippen molar-refractivity contribution in [1.82, 2.24) is 12.3 Å². The molecule has 2 atom stereocenters. The SMILES string of the molecule is CCCC(CCCCC(CCC)C(=O)[O-])C(=O)[O-].[NH4+].[NH4+]. The summed E-state index contributed by atoms with van der Waals surface area (Å²) in [4.78, 5) is 21.6. The lowest BCUT2D eigenvalue weighted by Crippen LogP contribution is -2.32. The summed E-state index contributed by atoms with van der Waals surface area (Å²) in [6, 6.07) is 0. The fourth-order valence-corrected chi connectivity index (χ4v) is 2.24. The van der Waals surface area contributed by atoms with E-state index in [0.29, 0.717) is 25.7 Å². The number of carboxylic acid groups (broad SMARTS) is 2. The minimum Gasteiger partial charge on any atom is -0.550 e. The van der Waals surface area contributed by atoms with Crippen LogP contribution in [0.2, 0.25) is 0 Å². The standard InChI is InChI=1S/C14H26O4.2H3N/c1-3-7-11(13(15)16)9-5-6-10-12(8-4-2)14(17)18;;/h11-12H,3-10H2,1-2H3,(H,15,16)(H,17,18);2*1H3. The molecule has 0 saturated heterocycles. The van der Waals surface area contributed by atoms with Gasteiger partial charge < -0.3 is 32.1 Å². The maximum atomic E-state index is 10.8. The summed E-state index contributed by atoms with van der Waals surface area (Å²) >= 11 is 0. The third kappa shape index (κ3) is 10.8. The average Bonchev–Trinajstić information content (AvgIpc) is 2.30. The normalized spacial score (nSPS) is 12.7. The first-order valence-corrected chi connectivity index (χ1v) is 6.94. The Morgan fingerprint density at radius 2 is 1.05 bits per heavy atom. The van der Waals surface area contributed by atoms with Gasteiger partial charge in [-0.05, 0) is 37.5 Å². The number of hydrogen-bond acceptors (Lipinski definition) is 4. The van der Waals surface area contributed by atoms with Gasteiger partial charge in [-0.2, -0.15) is 0 Å². The lowest BCUT2D eigenvalue weighted by atomic mass is 9.93. The zero-order chi connectivity index (χ0) is 14.0. The molecular formula is C14H32N2O4. The minimum absolute atomic E-state index is 0. The zero-order valence-electron chi connectivity index (χ0n) is 13.4. The van der Waals surface area contributed by atoms with Gasteiger partial charge in [0.15, 0.2) is 0 Å². The van der Waals surface area contributed by atoms with Crippen LogP contribution in [0.25, 0.3) is 0 Å². The van der Waals surface area contributed by atoms with E-state index in [2.05, 4.69) is 0 Å². The second-order valence-corrected chi connectivity index (χ2v) is 4.89. The summed E-state index contributed by atoms with van der Waals surface area (Å²) in [6.07, 6.45) is 5.59. The molecule has 0 heterocycles. The maximum Gasteiger partial charge on any atom is 0.0445 e. The van der Waals surface area contributed by atoms with Crippen LogP contribution in [0.5, 0.6) is 0 Å². The highest BCUT2D eigenvalue weighted by atomic mass is 16.4. The largest absolute Gasteiger partial charge is 0.550 e. The van der Waals surface area contributed by atoms with Gasteiger partial charge in [-0.3, -0.25) is 0 Å². The Hall–Kier alpha value is -1.14. The molecule has 122 valence electrons. The smallest absolute Gasteiger partial charge is 0.0445 e. The molecule has 0 bridgehead atoms. The minimum atomic E-state index is -0.984. The molecule has 0 spiro atoms. The van der Waals surface area contributed by atoms with Gasteiger partial charge in [0.2, 0.25) is 0 Å². The predicted molar refractivity (Wildman–Crippen MR) is 77.2 cm³/mol. The van der Waals surface area contributed by atoms with E-state index < -0.39 is 11.9 Å². The van der Waals surface area contributed by atoms with Crippen LogP contribution in [0.4, 0.5) is 0 Å². The van der Waals surface area contributed by atoms with Crippen molar-refractivity contribution in [3.05, 3.63) is 0 Å². The summed E-state index contributed by atoms with van der Waals surface area (Å²) < 4.78 is 0. The summed E-state index contributed by atoms with van der Waals surface area (Å²) in [5.41, 5.74) is 0. The van der Waals surface area contributed by atoms with Crippen LogP contribution in [-0.4, -0.2) is 11.9 Å². The van der Waals surface area contributed by atoms with Gasteiger partial charge in [0.25, 0.3) is 0 Å². The molecule has 0 fully saturated rings. The van der Waals surface area contributed by atoms with Crippen LogP contribution in [-0.2, 0) is 9.59 Å². The van der Waals surface area contributed by atoms with E-state index in [1.54, 1.807) is 0 Å². The maximum absolute atomic E-state index is 10.8. The number of carbonyl (C=O) groups excluding carboxylic acids is 2. The highest BCUT2D eigenvalue weighted by molar-refractivity contribution is 5.67. The Morgan fingerprint density at radius 1 is 0.750 bits per heavy atom. The predicted octanol–water partition coefficient (Wildman–Crippen LogP) is 1.63. The topological polar surface area (TPSA) is 153 Å². The van der Waals surface area contributed by atoms with Crippen molar-refractivity contribution < 1.29 is 19.8 Å². The molecular weight excluding hydrogens is 260 g/mol. The zero-order valence-corrected chi connectivity index (χ0v) is 13.4. The number of quaternary nitrogens is 2. The molecule has 0 aromatic rings. The lowest BCUT2D eigenvalue weighted by Gasteiger charge is -2.19. The van der Waals surface area contributed by atoms with Crippen molar-refractivity contribution >= 4 is 11.9 Å². The van der Waals surface area contributed by atoms with Crippen molar-refractivity contribution in [2.24, 2.45) is 11.8 Å². The first-order chi connectivity index (χ1) is 8.52. The molecule has 0 aliphatic heterocycles. The molecule has 6 heteroatoms. The number of rotatable bonds is 11. The Kier molecular flexibility index (Phi) is 17.1. The number of hydrogen-bond donors (Lipinski definition) is 2. The fraction of sp³-hybridized carbons (Fsp3) is 0.857. The van der Waals surface area contributed by atoms with Crippen LogP contribution < -0.4 is 22.5 Å². The second kappa shape index (κ2) is 14.3. The average molecular weight is 292 g/mol. The van der Waals surface area contributed by atoms with Gasteiger partial charge >= 0.3 is 0 Å². The van der Waals surface area contributed by atoms with Crippen LogP contribution in [0.15, 0.2) is 0 Å². The van der Waals surface area contributed by atoms with Crippen LogP contribution in [0, 0.1) is 11.8 Å². The fourth-order valence-electron chi connectivity index (χ4n) is 2.24. The number of unbranched alkanes of at least 4 members (excludes halogenated alkanes) is 1. The summed E-state index contributed by atoms with van der Waals surface area (Å²) in [7, 11) is 0. The summed E-state index contributed by atoms with van der Waals surface area (Å²) in [6.45, 7) is 3.90. The molecule has 20 heavy (non-hydrogen) atoms. The van der Waals surface area contributed by atoms with Gasteiger partial charge in [0.05, 0.1) is 0 Å². The molecule has 2 unspecified atom stereocenters. The first-order valence-electron chi connectivity index (χ1n) is 6.94. The molecule has 0 rings (SSSR count). The molecule has 0 amide bonds. The number of aliphatic carboxylic acids is 2. The van der Waals surface area contributed by atoms with Gasteiger partial charge in [-0.15, -0.1) is 0 Å². The molecule has 0 aliphatic rings. The van der Waals surface area contributed by atoms with Crippen LogP contribution >= 0.6 is 0 Å². The van der Waals surface area contributed by atoms with Crippen LogP contribution in [0.3, 0.4) is 0 Å². The quantitative estimate of drug-likeness (QED) is 0.555. The van der Waals surface area contributed by atoms with E-state index in [1.807, 2.05) is 13.8 Å². The highest BCUT2D eigenvalue weighted by Gasteiger charge is 2.11. The van der Waals surface area contributed by atoms with Crippen molar-refractivity contribution in [3.63, 3.8) is 0 Å². The van der Waals surface area contributed by atoms with Gasteiger partial charge in [0.1, 0.15) is 0 Å². The van der Waals surface area contributed by atoms with E-state index in [-0.39, 0.29) is 24.1 Å². The third-order valence-electron chi connectivity index (χ3n) is 3.30. The van der Waals surface area contributed by atoms with Crippen LogP contribution in [0.1, 0.15) is 65.2 Å². The molecule has 0 aliphatic carbocycles. The van der Waals surface area contributed by atoms with Crippen molar-refractivity contribution in [1.29, 1.82) is 0 Å². The lowest BCUT2D eigenvalue weighted by molar-refractivity contribution is -0.313.